The van der Waals surface area contributed by atoms with E-state index >= 15 is 0 Å². The van der Waals surface area contributed by atoms with E-state index in [1.807, 2.05) is 24.3 Å². The standard InChI is InChI=1S/C21H20N4O/c1-14-6-4-7-15(12-14)20-24-19-21(25(20)13-16-8-5-11-26-16)23-18-10-3-2-9-17(18)22-19/h2-4,6-7,9-10,12,16H,5,8,11,13H2,1H3/t16-/m0/s1. The third-order valence-corrected chi connectivity index (χ3v) is 4.94. The van der Waals surface area contributed by atoms with Crippen LogP contribution >= 0.6 is 0 Å². The van der Waals surface area contributed by atoms with E-state index in [4.69, 9.17) is 19.7 Å². The van der Waals surface area contributed by atoms with Gasteiger partial charge in [-0.3, -0.25) is 0 Å². The number of fused-ring (bicyclic) bond motifs is 2. The molecule has 0 aliphatic carbocycles. The number of ether oxygens (including phenoxy) is 1. The van der Waals surface area contributed by atoms with Crippen LogP contribution in [0.2, 0.25) is 0 Å². The highest BCUT2D eigenvalue weighted by atomic mass is 16.5. The van der Waals surface area contributed by atoms with E-state index in [-0.39, 0.29) is 6.10 Å². The van der Waals surface area contributed by atoms with Crippen molar-refractivity contribution in [3.63, 3.8) is 0 Å². The van der Waals surface area contributed by atoms with Crippen LogP contribution in [0.3, 0.4) is 0 Å². The molecule has 2 aromatic carbocycles. The molecule has 1 aliphatic heterocycles. The summed E-state index contributed by atoms with van der Waals surface area (Å²) < 4.78 is 8.06. The van der Waals surface area contributed by atoms with E-state index in [9.17, 15) is 0 Å². The molecule has 26 heavy (non-hydrogen) atoms. The van der Waals surface area contributed by atoms with Crippen LogP contribution in [0.1, 0.15) is 18.4 Å². The number of rotatable bonds is 3. The summed E-state index contributed by atoms with van der Waals surface area (Å²) >= 11 is 0. The number of hydrogen-bond acceptors (Lipinski definition) is 4. The minimum atomic E-state index is 0.212. The van der Waals surface area contributed by atoms with Gasteiger partial charge in [-0.2, -0.15) is 0 Å². The number of para-hydroxylation sites is 2. The minimum absolute atomic E-state index is 0.212. The van der Waals surface area contributed by atoms with Gasteiger partial charge in [0, 0.05) is 12.2 Å². The lowest BCUT2D eigenvalue weighted by atomic mass is 10.1. The summed E-state index contributed by atoms with van der Waals surface area (Å²) in [6.07, 6.45) is 2.41. The van der Waals surface area contributed by atoms with Crippen LogP contribution in [0.25, 0.3) is 33.7 Å². The van der Waals surface area contributed by atoms with Gasteiger partial charge in [0.15, 0.2) is 11.3 Å². The number of benzene rings is 2. The van der Waals surface area contributed by atoms with Crippen molar-refractivity contribution in [2.75, 3.05) is 6.61 Å². The molecule has 4 aromatic rings. The van der Waals surface area contributed by atoms with Crippen molar-refractivity contribution >= 4 is 22.3 Å². The lowest BCUT2D eigenvalue weighted by molar-refractivity contribution is 0.0981. The van der Waals surface area contributed by atoms with E-state index < -0.39 is 0 Å². The van der Waals surface area contributed by atoms with E-state index in [1.54, 1.807) is 0 Å². The second-order valence-electron chi connectivity index (χ2n) is 6.91. The lowest BCUT2D eigenvalue weighted by Gasteiger charge is -2.14. The fraction of sp³-hybridized carbons (Fsp3) is 0.286. The van der Waals surface area contributed by atoms with Crippen molar-refractivity contribution in [2.45, 2.75) is 32.4 Å². The molecule has 1 saturated heterocycles. The molecular weight excluding hydrogens is 324 g/mol. The van der Waals surface area contributed by atoms with Crippen molar-refractivity contribution in [3.05, 3.63) is 54.1 Å². The van der Waals surface area contributed by atoms with Gasteiger partial charge in [-0.25, -0.2) is 15.0 Å². The van der Waals surface area contributed by atoms with Gasteiger partial charge in [0.05, 0.1) is 23.7 Å². The second-order valence-corrected chi connectivity index (χ2v) is 6.91. The van der Waals surface area contributed by atoms with Crippen LogP contribution in [-0.2, 0) is 11.3 Å². The van der Waals surface area contributed by atoms with Crippen LogP contribution in [0.5, 0.6) is 0 Å². The Balaban J connectivity index is 1.74. The SMILES string of the molecule is Cc1cccc(-c2nc3nc4ccccc4nc3n2C[C@@H]2CCCO2)c1. The van der Waals surface area contributed by atoms with E-state index in [0.29, 0.717) is 5.65 Å². The van der Waals surface area contributed by atoms with Crippen LogP contribution in [0, 0.1) is 6.92 Å². The molecule has 0 radical (unpaired) electrons. The molecule has 5 rings (SSSR count). The first-order valence-electron chi connectivity index (χ1n) is 9.09. The molecule has 0 N–H and O–H groups in total. The maximum atomic E-state index is 5.88. The molecule has 0 bridgehead atoms. The predicted octanol–water partition coefficient (Wildman–Crippen LogP) is 4.13. The highest BCUT2D eigenvalue weighted by Gasteiger charge is 2.22. The first-order chi connectivity index (χ1) is 12.8. The largest absolute Gasteiger partial charge is 0.376 e. The summed E-state index contributed by atoms with van der Waals surface area (Å²) in [6, 6.07) is 16.4. The summed E-state index contributed by atoms with van der Waals surface area (Å²) in [5.74, 6) is 0.912. The zero-order valence-electron chi connectivity index (χ0n) is 14.7. The number of aromatic nitrogens is 4. The Bertz CT molecular complexity index is 1100. The van der Waals surface area contributed by atoms with Crippen molar-refractivity contribution in [2.24, 2.45) is 0 Å². The van der Waals surface area contributed by atoms with Gasteiger partial charge in [-0.05, 0) is 38.0 Å². The summed E-state index contributed by atoms with van der Waals surface area (Å²) in [7, 11) is 0. The second kappa shape index (κ2) is 6.18. The first-order valence-corrected chi connectivity index (χ1v) is 9.09. The predicted molar refractivity (Wildman–Crippen MR) is 102 cm³/mol. The smallest absolute Gasteiger partial charge is 0.198 e. The highest BCUT2D eigenvalue weighted by Crippen LogP contribution is 2.27. The molecule has 130 valence electrons. The van der Waals surface area contributed by atoms with Gasteiger partial charge in [0.1, 0.15) is 5.82 Å². The van der Waals surface area contributed by atoms with Crippen molar-refractivity contribution in [1.82, 2.24) is 19.5 Å². The van der Waals surface area contributed by atoms with Gasteiger partial charge in [0.25, 0.3) is 0 Å². The fourth-order valence-corrected chi connectivity index (χ4v) is 3.67. The fourth-order valence-electron chi connectivity index (χ4n) is 3.67. The number of imidazole rings is 1. The zero-order valence-corrected chi connectivity index (χ0v) is 14.7. The summed E-state index contributed by atoms with van der Waals surface area (Å²) in [4.78, 5) is 14.5. The summed E-state index contributed by atoms with van der Waals surface area (Å²) in [5, 5.41) is 0. The van der Waals surface area contributed by atoms with Crippen LogP contribution in [0.15, 0.2) is 48.5 Å². The maximum absolute atomic E-state index is 5.88. The third kappa shape index (κ3) is 2.65. The third-order valence-electron chi connectivity index (χ3n) is 4.94. The number of nitrogens with zero attached hydrogens (tertiary/aromatic N) is 4. The van der Waals surface area contributed by atoms with Gasteiger partial charge < -0.3 is 9.30 Å². The monoisotopic (exact) mass is 344 g/mol. The Labute approximate surface area is 151 Å². The molecule has 5 nitrogen and oxygen atoms in total. The average molecular weight is 344 g/mol. The average Bonchev–Trinajstić information content (AvgIpc) is 3.28. The van der Waals surface area contributed by atoms with Crippen molar-refractivity contribution < 1.29 is 4.74 Å². The number of aryl methyl sites for hydroxylation is 1. The number of hydrogen-bond donors (Lipinski definition) is 0. The van der Waals surface area contributed by atoms with Gasteiger partial charge >= 0.3 is 0 Å². The molecule has 1 aliphatic rings. The molecule has 0 spiro atoms. The Morgan fingerprint density at radius 3 is 2.65 bits per heavy atom. The summed E-state index contributed by atoms with van der Waals surface area (Å²) in [5.41, 5.74) is 5.59. The van der Waals surface area contributed by atoms with Gasteiger partial charge in [-0.15, -0.1) is 0 Å². The van der Waals surface area contributed by atoms with Crippen LogP contribution < -0.4 is 0 Å². The Morgan fingerprint density at radius 1 is 1.04 bits per heavy atom. The van der Waals surface area contributed by atoms with Crippen LogP contribution in [0.4, 0.5) is 0 Å². The first kappa shape index (κ1) is 15.5. The maximum Gasteiger partial charge on any atom is 0.198 e. The van der Waals surface area contributed by atoms with E-state index in [0.717, 1.165) is 54.1 Å². The molecule has 3 heterocycles. The van der Waals surface area contributed by atoms with E-state index in [1.165, 1.54) is 5.56 Å². The summed E-state index contributed by atoms with van der Waals surface area (Å²) in [6.45, 7) is 3.69. The van der Waals surface area contributed by atoms with Gasteiger partial charge in [-0.1, -0.05) is 35.9 Å². The molecule has 2 aromatic heterocycles. The van der Waals surface area contributed by atoms with Gasteiger partial charge in [0.2, 0.25) is 0 Å². The molecule has 1 atom stereocenters. The molecule has 0 unspecified atom stereocenters. The molecule has 0 amide bonds. The van der Waals surface area contributed by atoms with E-state index in [2.05, 4.69) is 35.8 Å². The molecule has 5 heteroatoms. The Kier molecular flexibility index (Phi) is 3.68. The normalized spacial score (nSPS) is 17.3. The molecule has 1 fully saturated rings. The van der Waals surface area contributed by atoms with Crippen molar-refractivity contribution in [1.29, 1.82) is 0 Å². The quantitative estimate of drug-likeness (QED) is 0.561. The van der Waals surface area contributed by atoms with Crippen molar-refractivity contribution in [3.8, 4) is 11.4 Å². The molecule has 0 saturated carbocycles. The Hall–Kier alpha value is -2.79. The topological polar surface area (TPSA) is 52.8 Å². The lowest BCUT2D eigenvalue weighted by Crippen LogP contribution is -2.16. The zero-order chi connectivity index (χ0) is 17.5. The molecular formula is C21H20N4O. The Morgan fingerprint density at radius 2 is 1.88 bits per heavy atom. The van der Waals surface area contributed by atoms with Crippen LogP contribution in [-0.4, -0.2) is 32.2 Å². The highest BCUT2D eigenvalue weighted by molar-refractivity contribution is 5.84. The minimum Gasteiger partial charge on any atom is -0.376 e.